The van der Waals surface area contributed by atoms with Gasteiger partial charge in [0.1, 0.15) is 6.07 Å². The van der Waals surface area contributed by atoms with E-state index in [1.165, 1.54) is 12.1 Å². The minimum absolute atomic E-state index is 0.0572. The molecular weight excluding hydrogens is 355 g/mol. The average Bonchev–Trinajstić information content (AvgIpc) is 2.47. The fourth-order valence-corrected chi connectivity index (χ4v) is 3.41. The lowest BCUT2D eigenvalue weighted by Crippen LogP contribution is -2.05. The molecule has 0 aliphatic heterocycles. The number of nitriles is 1. The molecule has 0 spiro atoms. The lowest BCUT2D eigenvalue weighted by atomic mass is 10.2. The Balaban J connectivity index is 2.35. The summed E-state index contributed by atoms with van der Waals surface area (Å²) in [6.45, 7) is 1.85. The van der Waals surface area contributed by atoms with Gasteiger partial charge in [-0.1, -0.05) is 40.9 Å². The Morgan fingerprint density at radius 1 is 1.13 bits per heavy atom. The molecule has 0 radical (unpaired) electrons. The molecule has 118 valence electrons. The van der Waals surface area contributed by atoms with Crippen LogP contribution >= 0.6 is 23.2 Å². The van der Waals surface area contributed by atoms with Gasteiger partial charge >= 0.3 is 0 Å². The van der Waals surface area contributed by atoms with Gasteiger partial charge in [-0.2, -0.15) is 5.26 Å². The van der Waals surface area contributed by atoms with Crippen molar-refractivity contribution in [3.63, 3.8) is 0 Å². The van der Waals surface area contributed by atoms with Crippen LogP contribution in [0.3, 0.4) is 0 Å². The van der Waals surface area contributed by atoms with E-state index in [-0.39, 0.29) is 4.90 Å². The fraction of sp³-hybridized carbons (Fsp3) is 0.0625. The molecule has 2 rings (SSSR count). The van der Waals surface area contributed by atoms with Crippen molar-refractivity contribution in [3.8, 4) is 6.07 Å². The number of halogens is 2. The van der Waals surface area contributed by atoms with E-state index in [0.717, 1.165) is 11.8 Å². The Morgan fingerprint density at radius 3 is 2.22 bits per heavy atom. The van der Waals surface area contributed by atoms with Crippen molar-refractivity contribution in [1.82, 2.24) is 0 Å². The summed E-state index contributed by atoms with van der Waals surface area (Å²) in [5.41, 5.74) is 1.41. The molecule has 0 unspecified atom stereocenters. The monoisotopic (exact) mass is 366 g/mol. The molecule has 0 aromatic heterocycles. The van der Waals surface area contributed by atoms with Gasteiger partial charge in [0.2, 0.25) is 9.84 Å². The van der Waals surface area contributed by atoms with Gasteiger partial charge in [0, 0.05) is 21.9 Å². The molecule has 4 nitrogen and oxygen atoms in total. The van der Waals surface area contributed by atoms with Crippen LogP contribution in [0.4, 0.5) is 5.69 Å². The average molecular weight is 367 g/mol. The number of anilines is 1. The summed E-state index contributed by atoms with van der Waals surface area (Å²) >= 11 is 11.7. The van der Waals surface area contributed by atoms with E-state index in [2.05, 4.69) is 5.32 Å². The van der Waals surface area contributed by atoms with E-state index < -0.39 is 14.7 Å². The lowest BCUT2D eigenvalue weighted by Gasteiger charge is -2.06. The third-order valence-corrected chi connectivity index (χ3v) is 5.08. The number of hydrogen-bond donors (Lipinski definition) is 1. The van der Waals surface area contributed by atoms with Gasteiger partial charge in [-0.25, -0.2) is 8.42 Å². The zero-order chi connectivity index (χ0) is 17.0. The van der Waals surface area contributed by atoms with Crippen LogP contribution in [0.25, 0.3) is 0 Å². The standard InChI is InChI=1S/C16H12Cl2N2O2S/c1-11-2-4-15(5-3-11)23(21,22)16(9-19)10-20-14-7-12(17)6-13(18)8-14/h2-8,10,20H,1H3/b16-10+. The van der Waals surface area contributed by atoms with Crippen molar-refractivity contribution in [2.45, 2.75) is 11.8 Å². The number of hydrogen-bond acceptors (Lipinski definition) is 4. The smallest absolute Gasteiger partial charge is 0.218 e. The van der Waals surface area contributed by atoms with Gasteiger partial charge in [-0.05, 0) is 37.3 Å². The van der Waals surface area contributed by atoms with Crippen LogP contribution in [0.5, 0.6) is 0 Å². The third-order valence-electron chi connectivity index (χ3n) is 2.96. The summed E-state index contributed by atoms with van der Waals surface area (Å²) in [5, 5.41) is 12.7. The topological polar surface area (TPSA) is 70.0 Å². The molecule has 0 atom stereocenters. The van der Waals surface area contributed by atoms with E-state index in [1.54, 1.807) is 36.4 Å². The van der Waals surface area contributed by atoms with E-state index in [1.807, 2.05) is 6.92 Å². The molecule has 2 aromatic rings. The summed E-state index contributed by atoms with van der Waals surface area (Å²) in [7, 11) is -3.89. The maximum Gasteiger partial charge on any atom is 0.218 e. The van der Waals surface area contributed by atoms with Crippen LogP contribution in [0.1, 0.15) is 5.56 Å². The predicted molar refractivity (Wildman–Crippen MR) is 92.1 cm³/mol. The molecular formula is C16H12Cl2N2O2S. The molecule has 0 aliphatic rings. The summed E-state index contributed by atoms with van der Waals surface area (Å²) < 4.78 is 24.9. The molecule has 0 amide bonds. The van der Waals surface area contributed by atoms with Crippen LogP contribution in [0, 0.1) is 18.3 Å². The number of allylic oxidation sites excluding steroid dienone is 1. The number of nitrogens with one attached hydrogen (secondary N) is 1. The van der Waals surface area contributed by atoms with E-state index in [4.69, 9.17) is 23.2 Å². The van der Waals surface area contributed by atoms with E-state index in [0.29, 0.717) is 15.7 Å². The quantitative estimate of drug-likeness (QED) is 0.805. The molecule has 0 saturated heterocycles. The van der Waals surface area contributed by atoms with Crippen LogP contribution in [0.15, 0.2) is 58.5 Å². The minimum atomic E-state index is -3.89. The first kappa shape index (κ1) is 17.4. The normalized spacial score (nSPS) is 11.8. The Kier molecular flexibility index (Phi) is 5.32. The molecule has 0 heterocycles. The predicted octanol–water partition coefficient (Wildman–Crippen LogP) is 4.55. The molecule has 23 heavy (non-hydrogen) atoms. The second-order valence-corrected chi connectivity index (χ2v) is 7.53. The second kappa shape index (κ2) is 7.05. The Labute approximate surface area is 144 Å². The number of sulfone groups is 1. The van der Waals surface area contributed by atoms with Crippen molar-refractivity contribution >= 4 is 38.7 Å². The molecule has 1 N–H and O–H groups in total. The number of benzene rings is 2. The van der Waals surface area contributed by atoms with Crippen molar-refractivity contribution in [1.29, 1.82) is 5.26 Å². The van der Waals surface area contributed by atoms with Gasteiger partial charge < -0.3 is 5.32 Å². The van der Waals surface area contributed by atoms with Gasteiger partial charge in [0.15, 0.2) is 4.91 Å². The van der Waals surface area contributed by atoms with Gasteiger partial charge in [-0.3, -0.25) is 0 Å². The summed E-state index contributed by atoms with van der Waals surface area (Å²) in [6.07, 6.45) is 1.12. The molecule has 2 aromatic carbocycles. The lowest BCUT2D eigenvalue weighted by molar-refractivity contribution is 0.603. The van der Waals surface area contributed by atoms with Crippen LogP contribution in [-0.2, 0) is 9.84 Å². The van der Waals surface area contributed by atoms with Gasteiger partial charge in [0.05, 0.1) is 4.90 Å². The Hall–Kier alpha value is -2.00. The zero-order valence-electron chi connectivity index (χ0n) is 12.0. The Morgan fingerprint density at radius 2 is 1.70 bits per heavy atom. The maximum absolute atomic E-state index is 12.4. The first-order valence-electron chi connectivity index (χ1n) is 6.47. The fourth-order valence-electron chi connectivity index (χ4n) is 1.80. The van der Waals surface area contributed by atoms with E-state index in [9.17, 15) is 13.7 Å². The number of rotatable bonds is 4. The molecule has 0 bridgehead atoms. The van der Waals surface area contributed by atoms with E-state index >= 15 is 0 Å². The highest BCUT2D eigenvalue weighted by molar-refractivity contribution is 7.95. The highest BCUT2D eigenvalue weighted by atomic mass is 35.5. The van der Waals surface area contributed by atoms with Crippen LogP contribution in [0.2, 0.25) is 10.0 Å². The summed E-state index contributed by atoms with van der Waals surface area (Å²) in [4.78, 5) is -0.348. The van der Waals surface area contributed by atoms with Crippen molar-refractivity contribution in [2.75, 3.05) is 5.32 Å². The van der Waals surface area contributed by atoms with Crippen LogP contribution < -0.4 is 5.32 Å². The van der Waals surface area contributed by atoms with Crippen LogP contribution in [-0.4, -0.2) is 8.42 Å². The summed E-state index contributed by atoms with van der Waals surface area (Å²) in [5.74, 6) is 0. The molecule has 7 heteroatoms. The zero-order valence-corrected chi connectivity index (χ0v) is 14.4. The van der Waals surface area contributed by atoms with Crippen molar-refractivity contribution in [3.05, 3.63) is 69.2 Å². The highest BCUT2D eigenvalue weighted by Crippen LogP contribution is 2.24. The molecule has 0 fully saturated rings. The largest absolute Gasteiger partial charge is 0.360 e. The first-order chi connectivity index (χ1) is 10.8. The molecule has 0 aliphatic carbocycles. The number of aryl methyl sites for hydroxylation is 1. The summed E-state index contributed by atoms with van der Waals surface area (Å²) in [6, 6.07) is 12.7. The third kappa shape index (κ3) is 4.26. The van der Waals surface area contributed by atoms with Crippen molar-refractivity contribution < 1.29 is 8.42 Å². The molecule has 0 saturated carbocycles. The SMILES string of the molecule is Cc1ccc(S(=O)(=O)/C(C#N)=C/Nc2cc(Cl)cc(Cl)c2)cc1. The Bertz CT molecular complexity index is 878. The van der Waals surface area contributed by atoms with Crippen molar-refractivity contribution in [2.24, 2.45) is 0 Å². The van der Waals surface area contributed by atoms with Gasteiger partial charge in [-0.15, -0.1) is 0 Å². The minimum Gasteiger partial charge on any atom is -0.360 e. The second-order valence-electron chi connectivity index (χ2n) is 4.74. The maximum atomic E-state index is 12.4. The number of nitrogens with zero attached hydrogens (tertiary/aromatic N) is 1. The highest BCUT2D eigenvalue weighted by Gasteiger charge is 2.20. The first-order valence-corrected chi connectivity index (χ1v) is 8.71. The van der Waals surface area contributed by atoms with Gasteiger partial charge in [0.25, 0.3) is 0 Å².